The molecule has 0 aliphatic heterocycles. The van der Waals surface area contributed by atoms with E-state index in [0.717, 1.165) is 55.3 Å². The second-order valence-electron chi connectivity index (χ2n) is 6.85. The Kier molecular flexibility index (Phi) is 4.80. The van der Waals surface area contributed by atoms with Gasteiger partial charge in [-0.1, -0.05) is 6.07 Å². The lowest BCUT2D eigenvalue weighted by atomic mass is 9.99. The van der Waals surface area contributed by atoms with Crippen LogP contribution in [-0.2, 0) is 35.9 Å². The van der Waals surface area contributed by atoms with E-state index >= 15 is 0 Å². The van der Waals surface area contributed by atoms with Crippen LogP contribution in [0.15, 0.2) is 18.5 Å². The number of aryl methyl sites for hydroxylation is 2. The molecule has 9 nitrogen and oxygen atoms in total. The molecule has 148 valence electrons. The highest BCUT2D eigenvalue weighted by Gasteiger charge is 2.26. The third kappa shape index (κ3) is 3.72. The minimum absolute atomic E-state index is 0.112. The summed E-state index contributed by atoms with van der Waals surface area (Å²) >= 11 is 0. The molecule has 4 rings (SSSR count). The molecule has 0 atom stereocenters. The van der Waals surface area contributed by atoms with Gasteiger partial charge in [-0.25, -0.2) is 19.5 Å². The van der Waals surface area contributed by atoms with Crippen molar-refractivity contribution < 1.29 is 17.9 Å². The van der Waals surface area contributed by atoms with Gasteiger partial charge in [0.25, 0.3) is 0 Å². The van der Waals surface area contributed by atoms with Gasteiger partial charge < -0.3 is 10.1 Å². The van der Waals surface area contributed by atoms with E-state index in [0.29, 0.717) is 0 Å². The SMILES string of the molecule is COc1ncc(NS(=O)(=O)NC(=O)Nc2c3c(cc4c2CCC4)CCC3)cn1. The minimum Gasteiger partial charge on any atom is -0.467 e. The number of fused-ring (bicyclic) bond motifs is 2. The number of ether oxygens (including phenoxy) is 1. The van der Waals surface area contributed by atoms with Crippen LogP contribution in [0.2, 0.25) is 0 Å². The summed E-state index contributed by atoms with van der Waals surface area (Å²) in [5.41, 5.74) is 5.67. The Hall–Kier alpha value is -2.88. The fourth-order valence-corrected chi connectivity index (χ4v) is 4.65. The third-order valence-electron chi connectivity index (χ3n) is 5.00. The molecule has 3 N–H and O–H groups in total. The average Bonchev–Trinajstić information content (AvgIpc) is 3.30. The summed E-state index contributed by atoms with van der Waals surface area (Å²) in [6, 6.07) is 1.56. The smallest absolute Gasteiger partial charge is 0.334 e. The maximum atomic E-state index is 12.4. The zero-order valence-electron chi connectivity index (χ0n) is 15.4. The first kappa shape index (κ1) is 18.5. The molecule has 0 fully saturated rings. The molecule has 28 heavy (non-hydrogen) atoms. The van der Waals surface area contributed by atoms with Crippen molar-refractivity contribution in [2.24, 2.45) is 0 Å². The Morgan fingerprint density at radius 3 is 2.21 bits per heavy atom. The van der Waals surface area contributed by atoms with Crippen LogP contribution in [-0.4, -0.2) is 31.5 Å². The second-order valence-corrected chi connectivity index (χ2v) is 8.27. The zero-order chi connectivity index (χ0) is 19.7. The molecule has 10 heteroatoms. The molecule has 0 saturated carbocycles. The summed E-state index contributed by atoms with van der Waals surface area (Å²) in [5, 5.41) is 2.78. The van der Waals surface area contributed by atoms with Crippen LogP contribution in [0.25, 0.3) is 0 Å². The van der Waals surface area contributed by atoms with Crippen LogP contribution < -0.4 is 19.5 Å². The Morgan fingerprint density at radius 1 is 1.04 bits per heavy atom. The molecule has 0 unspecified atom stereocenters. The van der Waals surface area contributed by atoms with E-state index < -0.39 is 16.2 Å². The molecule has 0 saturated heterocycles. The van der Waals surface area contributed by atoms with Crippen molar-refractivity contribution in [1.82, 2.24) is 14.7 Å². The Bertz CT molecular complexity index is 989. The lowest BCUT2D eigenvalue weighted by Gasteiger charge is -2.16. The molecular formula is C18H21N5O4S. The molecule has 1 aromatic heterocycles. The summed E-state index contributed by atoms with van der Waals surface area (Å²) in [4.78, 5) is 20.1. The lowest BCUT2D eigenvalue weighted by Crippen LogP contribution is -2.38. The molecule has 0 bridgehead atoms. The average molecular weight is 403 g/mol. The van der Waals surface area contributed by atoms with Crippen LogP contribution in [0.4, 0.5) is 16.2 Å². The molecule has 0 radical (unpaired) electrons. The molecular weight excluding hydrogens is 382 g/mol. The number of methoxy groups -OCH3 is 1. The molecule has 0 spiro atoms. The highest BCUT2D eigenvalue weighted by molar-refractivity contribution is 7.91. The number of carbonyl (C=O) groups excluding carboxylic acids is 1. The van der Waals surface area contributed by atoms with Crippen molar-refractivity contribution in [3.05, 3.63) is 40.7 Å². The van der Waals surface area contributed by atoms with Crippen molar-refractivity contribution in [2.45, 2.75) is 38.5 Å². The number of aromatic nitrogens is 2. The van der Waals surface area contributed by atoms with Gasteiger partial charge in [0.2, 0.25) is 0 Å². The van der Waals surface area contributed by atoms with E-state index in [4.69, 9.17) is 4.74 Å². The summed E-state index contributed by atoms with van der Waals surface area (Å²) in [6.45, 7) is 0. The second kappa shape index (κ2) is 7.27. The predicted molar refractivity (Wildman–Crippen MR) is 104 cm³/mol. The Labute approximate surface area is 163 Å². The standard InChI is InChI=1S/C18H21N5O4S/c1-27-18-19-9-13(10-20-18)22-28(25,26)23-17(24)21-16-14-6-2-4-11(14)8-12-5-3-7-15(12)16/h8-10,22H,2-7H2,1H3,(H2,21,23,24). The summed E-state index contributed by atoms with van der Waals surface area (Å²) in [7, 11) is -2.73. The van der Waals surface area contributed by atoms with Crippen molar-refractivity contribution in [3.8, 4) is 6.01 Å². The fraction of sp³-hybridized carbons (Fsp3) is 0.389. The van der Waals surface area contributed by atoms with Crippen molar-refractivity contribution in [2.75, 3.05) is 17.1 Å². The molecule has 2 aromatic rings. The molecule has 2 amide bonds. The Morgan fingerprint density at radius 2 is 1.64 bits per heavy atom. The number of rotatable bonds is 5. The van der Waals surface area contributed by atoms with Crippen LogP contribution in [0.3, 0.4) is 0 Å². The highest BCUT2D eigenvalue weighted by atomic mass is 32.2. The van der Waals surface area contributed by atoms with E-state index in [-0.39, 0.29) is 11.7 Å². The molecule has 1 heterocycles. The number of hydrogen-bond donors (Lipinski definition) is 3. The molecule has 1 aromatic carbocycles. The van der Waals surface area contributed by atoms with Gasteiger partial charge in [-0.05, 0) is 60.8 Å². The first-order valence-corrected chi connectivity index (χ1v) is 10.6. The van der Waals surface area contributed by atoms with Crippen molar-refractivity contribution >= 4 is 27.6 Å². The van der Waals surface area contributed by atoms with Crippen LogP contribution in [0.5, 0.6) is 6.01 Å². The van der Waals surface area contributed by atoms with E-state index in [1.807, 2.05) is 4.72 Å². The van der Waals surface area contributed by atoms with Crippen molar-refractivity contribution in [3.63, 3.8) is 0 Å². The number of nitrogens with zero attached hydrogens (tertiary/aromatic N) is 2. The normalized spacial score (nSPS) is 14.9. The van der Waals surface area contributed by atoms with E-state index in [2.05, 4.69) is 26.1 Å². The summed E-state index contributed by atoms with van der Waals surface area (Å²) in [6.07, 6.45) is 8.38. The number of carbonyl (C=O) groups is 1. The fourth-order valence-electron chi connectivity index (χ4n) is 3.88. The third-order valence-corrected chi connectivity index (χ3v) is 5.96. The number of anilines is 2. The summed E-state index contributed by atoms with van der Waals surface area (Å²) < 4.78 is 33.5. The molecule has 2 aliphatic carbocycles. The predicted octanol–water partition coefficient (Wildman–Crippen LogP) is 1.94. The zero-order valence-corrected chi connectivity index (χ0v) is 16.2. The number of amides is 2. The van der Waals surface area contributed by atoms with Crippen molar-refractivity contribution in [1.29, 1.82) is 0 Å². The highest BCUT2D eigenvalue weighted by Crippen LogP contribution is 2.38. The largest absolute Gasteiger partial charge is 0.467 e. The quantitative estimate of drug-likeness (QED) is 0.701. The molecule has 2 aliphatic rings. The first-order valence-electron chi connectivity index (χ1n) is 9.09. The van der Waals surface area contributed by atoms with Gasteiger partial charge in [-0.3, -0.25) is 4.72 Å². The van der Waals surface area contributed by atoms with Gasteiger partial charge in [0.1, 0.15) is 0 Å². The lowest BCUT2D eigenvalue weighted by molar-refractivity contribution is 0.256. The maximum absolute atomic E-state index is 12.4. The van der Waals surface area contributed by atoms with Gasteiger partial charge in [0, 0.05) is 5.69 Å². The monoisotopic (exact) mass is 403 g/mol. The van der Waals surface area contributed by atoms with Gasteiger partial charge >= 0.3 is 22.3 Å². The first-order chi connectivity index (χ1) is 13.4. The van der Waals surface area contributed by atoms with Gasteiger partial charge in [-0.2, -0.15) is 8.42 Å². The van der Waals surface area contributed by atoms with E-state index in [9.17, 15) is 13.2 Å². The topological polar surface area (TPSA) is 122 Å². The van der Waals surface area contributed by atoms with Crippen LogP contribution in [0, 0.1) is 0 Å². The van der Waals surface area contributed by atoms with Crippen LogP contribution in [0.1, 0.15) is 35.1 Å². The number of benzene rings is 1. The minimum atomic E-state index is -4.13. The summed E-state index contributed by atoms with van der Waals surface area (Å²) in [5.74, 6) is 0. The van der Waals surface area contributed by atoms with E-state index in [1.54, 1.807) is 0 Å². The number of nitrogens with one attached hydrogen (secondary N) is 3. The number of hydrogen-bond acceptors (Lipinski definition) is 6. The van der Waals surface area contributed by atoms with Gasteiger partial charge in [0.15, 0.2) is 0 Å². The Balaban J connectivity index is 1.49. The van der Waals surface area contributed by atoms with Gasteiger partial charge in [-0.15, -0.1) is 0 Å². The van der Waals surface area contributed by atoms with E-state index in [1.165, 1.54) is 30.6 Å². The van der Waals surface area contributed by atoms with Gasteiger partial charge in [0.05, 0.1) is 25.2 Å². The number of urea groups is 1. The maximum Gasteiger partial charge on any atom is 0.334 e. The van der Waals surface area contributed by atoms with Crippen LogP contribution >= 0.6 is 0 Å².